The normalized spacial score (nSPS) is 17.1. The van der Waals surface area contributed by atoms with Crippen molar-refractivity contribution in [3.63, 3.8) is 0 Å². The minimum atomic E-state index is -2.39. The Morgan fingerprint density at radius 3 is 2.48 bits per heavy atom. The molecule has 0 fully saturated rings. The standard InChI is InChI=1S/C24H19ClFNO6/c1-32-16-6-3-14(21(11-16)33-2)12-27-20-8-5-15(26)10-18(20)24(31,23(27)30)17-9-13(22(28)29)4-7-19(17)25/h3-11,31H,12H2,1-2H3,(H,28,29). The predicted octanol–water partition coefficient (Wildman–Crippen LogP) is 3.98. The lowest BCUT2D eigenvalue weighted by Gasteiger charge is -2.25. The van der Waals surface area contributed by atoms with Crippen LogP contribution < -0.4 is 14.4 Å². The number of carboxylic acid groups (broad SMARTS) is 1. The van der Waals surface area contributed by atoms with E-state index in [4.69, 9.17) is 21.1 Å². The zero-order valence-electron chi connectivity index (χ0n) is 17.6. The summed E-state index contributed by atoms with van der Waals surface area (Å²) < 4.78 is 24.8. The smallest absolute Gasteiger partial charge is 0.335 e. The molecule has 2 N–H and O–H groups in total. The fourth-order valence-electron chi connectivity index (χ4n) is 3.96. The molecule has 0 saturated carbocycles. The Kier molecular flexibility index (Phi) is 5.73. The molecular formula is C24H19ClFNO6. The number of hydrogen-bond acceptors (Lipinski definition) is 5. The molecule has 0 aliphatic carbocycles. The number of carbonyl (C=O) groups is 2. The van der Waals surface area contributed by atoms with Gasteiger partial charge >= 0.3 is 5.97 Å². The van der Waals surface area contributed by atoms with Crippen molar-refractivity contribution in [3.8, 4) is 11.5 Å². The van der Waals surface area contributed by atoms with Crippen LogP contribution in [0, 0.1) is 5.82 Å². The highest BCUT2D eigenvalue weighted by Crippen LogP contribution is 2.47. The maximum absolute atomic E-state index is 14.2. The number of carbonyl (C=O) groups excluding carboxylic acids is 1. The third kappa shape index (κ3) is 3.67. The van der Waals surface area contributed by atoms with Crippen LogP contribution in [0.5, 0.6) is 11.5 Å². The van der Waals surface area contributed by atoms with E-state index in [1.165, 1.54) is 43.4 Å². The lowest BCUT2D eigenvalue weighted by Crippen LogP contribution is -2.41. The van der Waals surface area contributed by atoms with Crippen molar-refractivity contribution in [1.82, 2.24) is 0 Å². The lowest BCUT2D eigenvalue weighted by atomic mass is 9.86. The highest BCUT2D eigenvalue weighted by atomic mass is 35.5. The molecule has 0 saturated heterocycles. The summed E-state index contributed by atoms with van der Waals surface area (Å²) >= 11 is 6.28. The molecule has 3 aromatic rings. The number of methoxy groups -OCH3 is 2. The molecule has 33 heavy (non-hydrogen) atoms. The molecular weight excluding hydrogens is 453 g/mol. The zero-order chi connectivity index (χ0) is 23.9. The average molecular weight is 472 g/mol. The molecule has 1 heterocycles. The second kappa shape index (κ2) is 8.38. The van der Waals surface area contributed by atoms with Gasteiger partial charge in [-0.1, -0.05) is 11.6 Å². The maximum atomic E-state index is 14.2. The van der Waals surface area contributed by atoms with Gasteiger partial charge in [0.1, 0.15) is 17.3 Å². The van der Waals surface area contributed by atoms with Crippen LogP contribution in [0.15, 0.2) is 54.6 Å². The summed E-state index contributed by atoms with van der Waals surface area (Å²) in [6.45, 7) is -0.0107. The van der Waals surface area contributed by atoms with Crippen LogP contribution in [0.1, 0.15) is 27.0 Å². The number of hydrogen-bond donors (Lipinski definition) is 2. The Bertz CT molecular complexity index is 1280. The molecule has 0 radical (unpaired) electrons. The second-order valence-electron chi connectivity index (χ2n) is 7.44. The quantitative estimate of drug-likeness (QED) is 0.564. The minimum Gasteiger partial charge on any atom is -0.497 e. The molecule has 1 aliphatic heterocycles. The van der Waals surface area contributed by atoms with Crippen molar-refractivity contribution in [2.45, 2.75) is 12.1 Å². The Labute approximate surface area is 193 Å². The molecule has 1 amide bonds. The van der Waals surface area contributed by atoms with E-state index in [-0.39, 0.29) is 33.9 Å². The fourth-order valence-corrected chi connectivity index (χ4v) is 4.21. The van der Waals surface area contributed by atoms with Gasteiger partial charge in [-0.2, -0.15) is 0 Å². The molecule has 7 nitrogen and oxygen atoms in total. The van der Waals surface area contributed by atoms with E-state index in [1.54, 1.807) is 18.2 Å². The van der Waals surface area contributed by atoms with Gasteiger partial charge in [0, 0.05) is 27.8 Å². The van der Waals surface area contributed by atoms with Gasteiger partial charge in [0.05, 0.1) is 32.0 Å². The van der Waals surface area contributed by atoms with Crippen LogP contribution >= 0.6 is 11.6 Å². The van der Waals surface area contributed by atoms with E-state index in [1.807, 2.05) is 0 Å². The number of nitrogens with zero attached hydrogens (tertiary/aromatic N) is 1. The molecule has 3 aromatic carbocycles. The third-order valence-electron chi connectivity index (χ3n) is 5.62. The first-order valence-corrected chi connectivity index (χ1v) is 10.2. The van der Waals surface area contributed by atoms with E-state index in [9.17, 15) is 24.2 Å². The number of carboxylic acids is 1. The summed E-state index contributed by atoms with van der Waals surface area (Å²) in [7, 11) is 2.99. The number of fused-ring (bicyclic) bond motifs is 1. The van der Waals surface area contributed by atoms with Crippen molar-refractivity contribution < 1.29 is 33.7 Å². The fraction of sp³-hybridized carbons (Fsp3) is 0.167. The van der Waals surface area contributed by atoms with E-state index in [0.29, 0.717) is 17.1 Å². The number of anilines is 1. The summed E-state index contributed by atoms with van der Waals surface area (Å²) in [6, 6.07) is 12.3. The topological polar surface area (TPSA) is 96.3 Å². The maximum Gasteiger partial charge on any atom is 0.335 e. The molecule has 1 aliphatic rings. The van der Waals surface area contributed by atoms with Crippen LogP contribution in [0.25, 0.3) is 0 Å². The van der Waals surface area contributed by atoms with Crippen LogP contribution in [-0.2, 0) is 16.9 Å². The Balaban J connectivity index is 1.87. The number of amides is 1. The van der Waals surface area contributed by atoms with Crippen LogP contribution in [0.4, 0.5) is 10.1 Å². The molecule has 4 rings (SSSR count). The van der Waals surface area contributed by atoms with Crippen molar-refractivity contribution >= 4 is 29.2 Å². The van der Waals surface area contributed by atoms with Gasteiger partial charge in [0.25, 0.3) is 5.91 Å². The van der Waals surface area contributed by atoms with E-state index < -0.39 is 23.3 Å². The second-order valence-corrected chi connectivity index (χ2v) is 7.85. The summed E-state index contributed by atoms with van der Waals surface area (Å²) in [5.41, 5.74) is -1.88. The van der Waals surface area contributed by atoms with Gasteiger partial charge in [-0.05, 0) is 48.5 Å². The summed E-state index contributed by atoms with van der Waals surface area (Å²) in [5, 5.41) is 21.0. The number of halogens is 2. The highest BCUT2D eigenvalue weighted by Gasteiger charge is 2.52. The first kappa shape index (κ1) is 22.6. The summed E-state index contributed by atoms with van der Waals surface area (Å²) in [6.07, 6.45) is 0. The summed E-state index contributed by atoms with van der Waals surface area (Å²) in [4.78, 5) is 26.4. The van der Waals surface area contributed by atoms with Crippen molar-refractivity contribution in [3.05, 3.63) is 87.7 Å². The van der Waals surface area contributed by atoms with Crippen molar-refractivity contribution in [2.75, 3.05) is 19.1 Å². The van der Waals surface area contributed by atoms with E-state index >= 15 is 0 Å². The van der Waals surface area contributed by atoms with Crippen LogP contribution in [-0.4, -0.2) is 36.3 Å². The van der Waals surface area contributed by atoms with Crippen LogP contribution in [0.2, 0.25) is 5.02 Å². The first-order chi connectivity index (χ1) is 15.7. The number of aliphatic hydroxyl groups is 1. The van der Waals surface area contributed by atoms with Gasteiger partial charge in [-0.15, -0.1) is 0 Å². The first-order valence-electron chi connectivity index (χ1n) is 9.79. The minimum absolute atomic E-state index is 0.0107. The van der Waals surface area contributed by atoms with Crippen LogP contribution in [0.3, 0.4) is 0 Å². The monoisotopic (exact) mass is 471 g/mol. The molecule has 0 bridgehead atoms. The van der Waals surface area contributed by atoms with Gasteiger partial charge < -0.3 is 24.6 Å². The Morgan fingerprint density at radius 1 is 1.06 bits per heavy atom. The largest absolute Gasteiger partial charge is 0.497 e. The Hall–Kier alpha value is -3.62. The van der Waals surface area contributed by atoms with Gasteiger partial charge in [0.2, 0.25) is 0 Å². The zero-order valence-corrected chi connectivity index (χ0v) is 18.4. The van der Waals surface area contributed by atoms with E-state index in [2.05, 4.69) is 0 Å². The third-order valence-corrected chi connectivity index (χ3v) is 5.95. The van der Waals surface area contributed by atoms with Gasteiger partial charge in [0.15, 0.2) is 5.60 Å². The number of rotatable bonds is 6. The molecule has 1 atom stereocenters. The van der Waals surface area contributed by atoms with Gasteiger partial charge in [-0.25, -0.2) is 9.18 Å². The number of aromatic carboxylic acids is 1. The number of benzene rings is 3. The molecule has 1 unspecified atom stereocenters. The molecule has 0 spiro atoms. The SMILES string of the molecule is COc1ccc(CN2C(=O)C(O)(c3cc(C(=O)O)ccc3Cl)c3cc(F)ccc32)c(OC)c1. The number of ether oxygens (including phenoxy) is 2. The lowest BCUT2D eigenvalue weighted by molar-refractivity contribution is -0.132. The molecule has 9 heteroatoms. The predicted molar refractivity (Wildman–Crippen MR) is 119 cm³/mol. The Morgan fingerprint density at radius 2 is 1.82 bits per heavy atom. The molecule has 0 aromatic heterocycles. The van der Waals surface area contributed by atoms with Crippen molar-refractivity contribution in [2.24, 2.45) is 0 Å². The van der Waals surface area contributed by atoms with Crippen molar-refractivity contribution in [1.29, 1.82) is 0 Å². The highest BCUT2D eigenvalue weighted by molar-refractivity contribution is 6.32. The molecule has 170 valence electrons. The average Bonchev–Trinajstić information content (AvgIpc) is 3.01. The van der Waals surface area contributed by atoms with E-state index in [0.717, 1.165) is 12.1 Å². The van der Waals surface area contributed by atoms with Gasteiger partial charge in [-0.3, -0.25) is 4.79 Å². The summed E-state index contributed by atoms with van der Waals surface area (Å²) in [5.74, 6) is -1.73.